The van der Waals surface area contributed by atoms with Gasteiger partial charge in [0, 0.05) is 18.7 Å². The van der Waals surface area contributed by atoms with E-state index >= 15 is 0 Å². The molecule has 0 saturated heterocycles. The van der Waals surface area contributed by atoms with Crippen molar-refractivity contribution >= 4 is 23.6 Å². The van der Waals surface area contributed by atoms with E-state index in [1.807, 2.05) is 18.5 Å². The monoisotopic (exact) mass is 431 g/mol. The minimum atomic E-state index is -0.267. The van der Waals surface area contributed by atoms with Gasteiger partial charge in [0.05, 0.1) is 18.9 Å². The summed E-state index contributed by atoms with van der Waals surface area (Å²) in [5.74, 6) is 1.15. The minimum absolute atomic E-state index is 0.0317. The maximum Gasteiger partial charge on any atom is 0.251 e. The van der Waals surface area contributed by atoms with Gasteiger partial charge in [0.1, 0.15) is 5.75 Å². The molecule has 9 heteroatoms. The van der Waals surface area contributed by atoms with Gasteiger partial charge in [0.15, 0.2) is 11.0 Å². The molecule has 30 heavy (non-hydrogen) atoms. The number of hydrogen-bond donors (Lipinski definition) is 2. The molecule has 1 aromatic heterocycles. The predicted octanol–water partition coefficient (Wildman–Crippen LogP) is 2.68. The number of methoxy groups -OCH3 is 1. The normalized spacial score (nSPS) is 15.4. The molecule has 3 rings (SSSR count). The second kappa shape index (κ2) is 10.5. The largest absolute Gasteiger partial charge is 0.497 e. The zero-order valence-electron chi connectivity index (χ0n) is 17.7. The number of nitrogens with one attached hydrogen (secondary N) is 2. The molecular weight excluding hydrogens is 402 g/mol. The lowest BCUT2D eigenvalue weighted by atomic mass is 9.95. The van der Waals surface area contributed by atoms with Gasteiger partial charge in [-0.1, -0.05) is 31.0 Å². The van der Waals surface area contributed by atoms with E-state index in [4.69, 9.17) is 4.74 Å². The van der Waals surface area contributed by atoms with Gasteiger partial charge < -0.3 is 19.9 Å². The number of rotatable bonds is 8. The number of ether oxygens (including phenoxy) is 1. The van der Waals surface area contributed by atoms with Crippen LogP contribution in [-0.2, 0) is 18.4 Å². The average Bonchev–Trinajstić information content (AvgIpc) is 3.12. The third-order valence-electron chi connectivity index (χ3n) is 5.29. The number of aromatic nitrogens is 3. The molecule has 1 aliphatic rings. The molecule has 1 atom stereocenters. The second-order valence-corrected chi connectivity index (χ2v) is 8.78. The number of amides is 2. The molecule has 1 aliphatic carbocycles. The van der Waals surface area contributed by atoms with Gasteiger partial charge in [-0.2, -0.15) is 0 Å². The van der Waals surface area contributed by atoms with Crippen molar-refractivity contribution in [2.75, 3.05) is 7.11 Å². The summed E-state index contributed by atoms with van der Waals surface area (Å²) in [6.07, 6.45) is 5.74. The van der Waals surface area contributed by atoms with Gasteiger partial charge in [-0.3, -0.25) is 9.59 Å². The van der Waals surface area contributed by atoms with E-state index in [0.29, 0.717) is 22.3 Å². The van der Waals surface area contributed by atoms with Crippen molar-refractivity contribution in [3.63, 3.8) is 0 Å². The van der Waals surface area contributed by atoms with Crippen LogP contribution in [0.2, 0.25) is 0 Å². The molecule has 1 aromatic carbocycles. The van der Waals surface area contributed by atoms with Crippen molar-refractivity contribution in [1.82, 2.24) is 25.4 Å². The summed E-state index contributed by atoms with van der Waals surface area (Å²) in [4.78, 5) is 24.8. The maximum absolute atomic E-state index is 12.5. The predicted molar refractivity (Wildman–Crippen MR) is 116 cm³/mol. The Hall–Kier alpha value is -2.55. The molecule has 0 aliphatic heterocycles. The van der Waals surface area contributed by atoms with E-state index in [1.54, 1.807) is 31.4 Å². The highest BCUT2D eigenvalue weighted by atomic mass is 32.2. The van der Waals surface area contributed by atoms with Crippen molar-refractivity contribution < 1.29 is 14.3 Å². The Labute approximate surface area is 181 Å². The third kappa shape index (κ3) is 5.75. The molecule has 1 fully saturated rings. The molecule has 0 spiro atoms. The zero-order valence-corrected chi connectivity index (χ0v) is 18.5. The Kier molecular flexibility index (Phi) is 7.73. The van der Waals surface area contributed by atoms with Gasteiger partial charge in [0.2, 0.25) is 5.91 Å². The number of carbonyl (C=O) groups is 2. The number of carbonyl (C=O) groups excluding carboxylic acids is 2. The van der Waals surface area contributed by atoms with Crippen LogP contribution in [0.25, 0.3) is 0 Å². The van der Waals surface area contributed by atoms with Gasteiger partial charge in [-0.15, -0.1) is 10.2 Å². The van der Waals surface area contributed by atoms with E-state index in [2.05, 4.69) is 20.8 Å². The van der Waals surface area contributed by atoms with Crippen molar-refractivity contribution in [2.45, 2.75) is 62.0 Å². The van der Waals surface area contributed by atoms with Crippen LogP contribution in [0.5, 0.6) is 5.75 Å². The van der Waals surface area contributed by atoms with Crippen LogP contribution in [0.15, 0.2) is 29.4 Å². The van der Waals surface area contributed by atoms with Crippen molar-refractivity contribution in [3.05, 3.63) is 35.7 Å². The second-order valence-electron chi connectivity index (χ2n) is 7.47. The standard InChI is InChI=1S/C21H29N5O3S/c1-14(19(27)23-16-7-5-4-6-8-16)30-21-25-24-18(26(21)2)13-22-20(28)15-9-11-17(29-3)12-10-15/h9-12,14,16H,4-8,13H2,1-3H3,(H,22,28)(H,23,27). The molecule has 2 amide bonds. The number of benzene rings is 1. The van der Waals surface area contributed by atoms with Crippen LogP contribution in [0.1, 0.15) is 55.2 Å². The zero-order chi connectivity index (χ0) is 21.5. The fourth-order valence-corrected chi connectivity index (χ4v) is 4.23. The highest BCUT2D eigenvalue weighted by molar-refractivity contribution is 8.00. The first-order valence-corrected chi connectivity index (χ1v) is 11.1. The third-order valence-corrected chi connectivity index (χ3v) is 6.42. The molecule has 2 aromatic rings. The quantitative estimate of drug-likeness (QED) is 0.624. The molecule has 0 bridgehead atoms. The Balaban J connectivity index is 1.51. The van der Waals surface area contributed by atoms with Crippen LogP contribution in [-0.4, -0.2) is 45.0 Å². The summed E-state index contributed by atoms with van der Waals surface area (Å²) in [6, 6.07) is 7.19. The van der Waals surface area contributed by atoms with Gasteiger partial charge in [-0.25, -0.2) is 0 Å². The van der Waals surface area contributed by atoms with Crippen LogP contribution in [0, 0.1) is 0 Å². The average molecular weight is 432 g/mol. The highest BCUT2D eigenvalue weighted by Crippen LogP contribution is 2.23. The van der Waals surface area contributed by atoms with Crippen LogP contribution in [0.4, 0.5) is 0 Å². The van der Waals surface area contributed by atoms with Gasteiger partial charge in [0.25, 0.3) is 5.91 Å². The smallest absolute Gasteiger partial charge is 0.251 e. The van der Waals surface area contributed by atoms with Crippen LogP contribution < -0.4 is 15.4 Å². The SMILES string of the molecule is COc1ccc(C(=O)NCc2nnc(SC(C)C(=O)NC3CCCCC3)n2C)cc1. The Morgan fingerprint density at radius 3 is 2.57 bits per heavy atom. The lowest BCUT2D eigenvalue weighted by molar-refractivity contribution is -0.121. The summed E-state index contributed by atoms with van der Waals surface area (Å²) in [7, 11) is 3.42. The molecule has 1 unspecified atom stereocenters. The van der Waals surface area contributed by atoms with Gasteiger partial charge >= 0.3 is 0 Å². The number of hydrogen-bond acceptors (Lipinski definition) is 6. The first-order valence-electron chi connectivity index (χ1n) is 10.3. The molecular formula is C21H29N5O3S. The van der Waals surface area contributed by atoms with Crippen molar-refractivity contribution in [2.24, 2.45) is 7.05 Å². The lowest BCUT2D eigenvalue weighted by Gasteiger charge is -2.24. The molecule has 0 radical (unpaired) electrons. The number of thioether (sulfide) groups is 1. The van der Waals surface area contributed by atoms with E-state index in [9.17, 15) is 9.59 Å². The number of nitrogens with zero attached hydrogens (tertiary/aromatic N) is 3. The highest BCUT2D eigenvalue weighted by Gasteiger charge is 2.22. The Morgan fingerprint density at radius 1 is 1.20 bits per heavy atom. The van der Waals surface area contributed by atoms with E-state index in [0.717, 1.165) is 12.8 Å². The first kappa shape index (κ1) is 22.1. The lowest BCUT2D eigenvalue weighted by Crippen LogP contribution is -2.40. The molecule has 8 nitrogen and oxygen atoms in total. The summed E-state index contributed by atoms with van der Waals surface area (Å²) >= 11 is 1.37. The minimum Gasteiger partial charge on any atom is -0.497 e. The molecule has 1 heterocycles. The summed E-state index contributed by atoms with van der Waals surface area (Å²) < 4.78 is 6.91. The Morgan fingerprint density at radius 2 is 1.90 bits per heavy atom. The molecule has 162 valence electrons. The fraction of sp³-hybridized carbons (Fsp3) is 0.524. The van der Waals surface area contributed by atoms with Crippen LogP contribution >= 0.6 is 11.8 Å². The summed E-state index contributed by atoms with van der Waals surface area (Å²) in [6.45, 7) is 2.13. The van der Waals surface area contributed by atoms with Crippen molar-refractivity contribution in [3.8, 4) is 5.75 Å². The van der Waals surface area contributed by atoms with E-state index < -0.39 is 0 Å². The molecule has 1 saturated carbocycles. The Bertz CT molecular complexity index is 862. The summed E-state index contributed by atoms with van der Waals surface area (Å²) in [5, 5.41) is 14.7. The van der Waals surface area contributed by atoms with E-state index in [-0.39, 0.29) is 29.7 Å². The maximum atomic E-state index is 12.5. The fourth-order valence-electron chi connectivity index (χ4n) is 3.38. The molecule has 2 N–H and O–H groups in total. The van der Waals surface area contributed by atoms with Crippen LogP contribution in [0.3, 0.4) is 0 Å². The van der Waals surface area contributed by atoms with Crippen molar-refractivity contribution in [1.29, 1.82) is 0 Å². The first-order chi connectivity index (χ1) is 14.5. The van der Waals surface area contributed by atoms with Gasteiger partial charge in [-0.05, 0) is 44.0 Å². The van der Waals surface area contributed by atoms with E-state index in [1.165, 1.54) is 31.0 Å². The summed E-state index contributed by atoms with van der Waals surface area (Å²) in [5.41, 5.74) is 0.542. The topological polar surface area (TPSA) is 98.1 Å².